The van der Waals surface area contributed by atoms with Gasteiger partial charge in [0.25, 0.3) is 0 Å². The SMILES string of the molecule is COc1ccc(Nc2nc(N3C[C@H](N)C[C@H](N)C3)nc(N3C[C@H](N)C[C@H](N)C3)n2)cc1. The summed E-state index contributed by atoms with van der Waals surface area (Å²) in [6.07, 6.45) is 1.56. The molecule has 4 rings (SSSR count). The van der Waals surface area contributed by atoms with Crippen molar-refractivity contribution in [3.8, 4) is 5.75 Å². The molecule has 0 amide bonds. The van der Waals surface area contributed by atoms with Crippen molar-refractivity contribution in [1.82, 2.24) is 15.0 Å². The highest BCUT2D eigenvalue weighted by atomic mass is 16.5. The van der Waals surface area contributed by atoms with Crippen LogP contribution in [0, 0.1) is 0 Å². The zero-order valence-electron chi connectivity index (χ0n) is 17.8. The maximum Gasteiger partial charge on any atom is 0.233 e. The van der Waals surface area contributed by atoms with Crippen LogP contribution in [0.1, 0.15) is 12.8 Å². The number of hydrogen-bond acceptors (Lipinski definition) is 11. The standard InChI is InChI=1S/C20H32N10O/c1-31-17-4-2-16(3-5-17)25-18-26-19(29-8-12(21)6-13(22)9-29)28-20(27-18)30-10-14(23)7-15(24)11-30/h2-5,12-15H,6-11,21-24H2,1H3,(H,25,26,27,28)/t12-,13+,14-,15+. The van der Waals surface area contributed by atoms with Crippen LogP contribution in [0.15, 0.2) is 24.3 Å². The third kappa shape index (κ3) is 5.31. The molecule has 0 saturated carbocycles. The number of rotatable bonds is 5. The van der Waals surface area contributed by atoms with Gasteiger partial charge in [0.1, 0.15) is 5.75 Å². The second-order valence-electron chi connectivity index (χ2n) is 8.43. The van der Waals surface area contributed by atoms with Crippen molar-refractivity contribution in [2.24, 2.45) is 22.9 Å². The fourth-order valence-electron chi connectivity index (χ4n) is 4.18. The fraction of sp³-hybridized carbons (Fsp3) is 0.550. The average Bonchev–Trinajstić information content (AvgIpc) is 2.73. The molecule has 2 aliphatic heterocycles. The van der Waals surface area contributed by atoms with Crippen molar-refractivity contribution in [3.63, 3.8) is 0 Å². The molecule has 9 N–H and O–H groups in total. The number of nitrogens with two attached hydrogens (primary N) is 4. The Labute approximate surface area is 182 Å². The normalized spacial score (nSPS) is 26.6. The Morgan fingerprint density at radius 3 is 1.65 bits per heavy atom. The predicted molar refractivity (Wildman–Crippen MR) is 122 cm³/mol. The van der Waals surface area contributed by atoms with Crippen molar-refractivity contribution >= 4 is 23.5 Å². The van der Waals surface area contributed by atoms with E-state index in [-0.39, 0.29) is 24.2 Å². The van der Waals surface area contributed by atoms with E-state index in [9.17, 15) is 0 Å². The lowest BCUT2D eigenvalue weighted by atomic mass is 10.0. The first-order valence-corrected chi connectivity index (χ1v) is 10.6. The van der Waals surface area contributed by atoms with Crippen LogP contribution >= 0.6 is 0 Å². The quantitative estimate of drug-likeness (QED) is 0.410. The lowest BCUT2D eigenvalue weighted by Gasteiger charge is -2.37. The minimum atomic E-state index is -0.0289. The number of hydrogen-bond donors (Lipinski definition) is 5. The predicted octanol–water partition coefficient (Wildman–Crippen LogP) is -0.647. The molecule has 0 unspecified atom stereocenters. The van der Waals surface area contributed by atoms with Gasteiger partial charge in [-0.05, 0) is 37.1 Å². The lowest BCUT2D eigenvalue weighted by molar-refractivity contribution is 0.415. The number of methoxy groups -OCH3 is 1. The second kappa shape index (κ2) is 9.18. The van der Waals surface area contributed by atoms with Crippen LogP contribution in [0.2, 0.25) is 0 Å². The molecule has 3 heterocycles. The molecule has 1 aromatic heterocycles. The lowest BCUT2D eigenvalue weighted by Crippen LogP contribution is -2.54. The zero-order chi connectivity index (χ0) is 22.0. The topological polar surface area (TPSA) is 170 Å². The summed E-state index contributed by atoms with van der Waals surface area (Å²) in [5.74, 6) is 2.29. The highest BCUT2D eigenvalue weighted by molar-refractivity contribution is 5.57. The number of piperidine rings is 2. The number of anilines is 4. The van der Waals surface area contributed by atoms with Gasteiger partial charge in [-0.15, -0.1) is 0 Å². The van der Waals surface area contributed by atoms with Gasteiger partial charge in [-0.1, -0.05) is 0 Å². The van der Waals surface area contributed by atoms with Crippen molar-refractivity contribution in [1.29, 1.82) is 0 Å². The van der Waals surface area contributed by atoms with Crippen molar-refractivity contribution < 1.29 is 4.74 Å². The van der Waals surface area contributed by atoms with Crippen LogP contribution in [0.5, 0.6) is 5.75 Å². The third-order valence-corrected chi connectivity index (χ3v) is 5.55. The van der Waals surface area contributed by atoms with Gasteiger partial charge in [-0.3, -0.25) is 0 Å². The van der Waals surface area contributed by atoms with Gasteiger partial charge in [0.05, 0.1) is 7.11 Å². The molecular weight excluding hydrogens is 396 g/mol. The number of ether oxygens (including phenoxy) is 1. The third-order valence-electron chi connectivity index (χ3n) is 5.55. The van der Waals surface area contributed by atoms with E-state index in [0.29, 0.717) is 44.0 Å². The molecule has 2 aromatic rings. The minimum absolute atomic E-state index is 0.0289. The Bertz CT molecular complexity index is 815. The van der Waals surface area contributed by atoms with Gasteiger partial charge in [0.2, 0.25) is 17.8 Å². The Morgan fingerprint density at radius 2 is 1.23 bits per heavy atom. The fourth-order valence-corrected chi connectivity index (χ4v) is 4.18. The van der Waals surface area contributed by atoms with Crippen LogP contribution in [0.4, 0.5) is 23.5 Å². The van der Waals surface area contributed by atoms with Crippen molar-refractivity contribution in [2.75, 3.05) is 48.4 Å². The van der Waals surface area contributed by atoms with Crippen molar-refractivity contribution in [2.45, 2.75) is 37.0 Å². The Hall–Kier alpha value is -2.73. The second-order valence-corrected chi connectivity index (χ2v) is 8.43. The van der Waals surface area contributed by atoms with E-state index in [4.69, 9.17) is 32.7 Å². The van der Waals surface area contributed by atoms with Crippen LogP contribution in [0.25, 0.3) is 0 Å². The van der Waals surface area contributed by atoms with E-state index in [0.717, 1.165) is 24.3 Å². The molecule has 0 radical (unpaired) electrons. The first-order chi connectivity index (χ1) is 14.9. The van der Waals surface area contributed by atoms with Crippen LogP contribution in [0.3, 0.4) is 0 Å². The molecule has 0 aliphatic carbocycles. The zero-order valence-corrected chi connectivity index (χ0v) is 17.8. The van der Waals surface area contributed by atoms with Crippen LogP contribution < -0.4 is 42.8 Å². The molecule has 0 bridgehead atoms. The minimum Gasteiger partial charge on any atom is -0.497 e. The average molecular weight is 429 g/mol. The summed E-state index contributed by atoms with van der Waals surface area (Å²) in [5.41, 5.74) is 25.6. The monoisotopic (exact) mass is 428 g/mol. The van der Waals surface area contributed by atoms with Gasteiger partial charge in [0.15, 0.2) is 0 Å². The van der Waals surface area contributed by atoms with Crippen LogP contribution in [-0.2, 0) is 0 Å². The van der Waals surface area contributed by atoms with Gasteiger partial charge in [-0.2, -0.15) is 15.0 Å². The van der Waals surface area contributed by atoms with E-state index >= 15 is 0 Å². The Kier molecular flexibility index (Phi) is 6.37. The van der Waals surface area contributed by atoms with Crippen LogP contribution in [-0.4, -0.2) is 72.4 Å². The first kappa shape index (κ1) is 21.5. The maximum absolute atomic E-state index is 6.20. The first-order valence-electron chi connectivity index (χ1n) is 10.6. The summed E-state index contributed by atoms with van der Waals surface area (Å²) in [7, 11) is 1.63. The maximum atomic E-state index is 6.20. The summed E-state index contributed by atoms with van der Waals surface area (Å²) in [6, 6.07) is 7.44. The molecule has 11 heteroatoms. The number of nitrogens with one attached hydrogen (secondary N) is 1. The molecular formula is C20H32N10O. The number of benzene rings is 1. The summed E-state index contributed by atoms with van der Waals surface area (Å²) >= 11 is 0. The molecule has 1 aromatic carbocycles. The molecule has 2 saturated heterocycles. The molecule has 168 valence electrons. The molecule has 2 aliphatic rings. The van der Waals surface area contributed by atoms with E-state index in [1.807, 2.05) is 34.1 Å². The molecule has 31 heavy (non-hydrogen) atoms. The van der Waals surface area contributed by atoms with Gasteiger partial charge in [-0.25, -0.2) is 0 Å². The molecule has 2 fully saturated rings. The van der Waals surface area contributed by atoms with E-state index in [1.54, 1.807) is 7.11 Å². The molecule has 4 atom stereocenters. The van der Waals surface area contributed by atoms with E-state index < -0.39 is 0 Å². The molecule has 11 nitrogen and oxygen atoms in total. The number of aromatic nitrogens is 3. The van der Waals surface area contributed by atoms with E-state index in [1.165, 1.54) is 0 Å². The highest BCUT2D eigenvalue weighted by Crippen LogP contribution is 2.24. The van der Waals surface area contributed by atoms with Gasteiger partial charge >= 0.3 is 0 Å². The summed E-state index contributed by atoms with van der Waals surface area (Å²) in [6.45, 7) is 2.55. The van der Waals surface area contributed by atoms with Gasteiger partial charge in [0, 0.05) is 56.0 Å². The number of nitrogens with zero attached hydrogens (tertiary/aromatic N) is 5. The van der Waals surface area contributed by atoms with E-state index in [2.05, 4.69) is 15.3 Å². The summed E-state index contributed by atoms with van der Waals surface area (Å²) in [4.78, 5) is 18.1. The Morgan fingerprint density at radius 1 is 0.774 bits per heavy atom. The summed E-state index contributed by atoms with van der Waals surface area (Å²) < 4.78 is 5.23. The smallest absolute Gasteiger partial charge is 0.233 e. The highest BCUT2D eigenvalue weighted by Gasteiger charge is 2.28. The van der Waals surface area contributed by atoms with Crippen molar-refractivity contribution in [3.05, 3.63) is 24.3 Å². The Balaban J connectivity index is 1.65. The molecule has 0 spiro atoms. The van der Waals surface area contributed by atoms with Gasteiger partial charge < -0.3 is 42.8 Å². The largest absolute Gasteiger partial charge is 0.497 e. The summed E-state index contributed by atoms with van der Waals surface area (Å²) in [5, 5.41) is 3.26.